The molecule has 0 bridgehead atoms. The maximum absolute atomic E-state index is 13.1. The second-order valence-electron chi connectivity index (χ2n) is 3.82. The summed E-state index contributed by atoms with van der Waals surface area (Å²) < 4.78 is 44.1. The van der Waals surface area contributed by atoms with Gasteiger partial charge in [-0.25, -0.2) is 13.1 Å². The summed E-state index contributed by atoms with van der Waals surface area (Å²) in [6, 6.07) is 2.43. The Labute approximate surface area is 115 Å². The number of hydrogen-bond donors (Lipinski definition) is 1. The normalized spacial score (nSPS) is 11.5. The van der Waals surface area contributed by atoms with Gasteiger partial charge < -0.3 is 4.74 Å². The third kappa shape index (κ3) is 4.51. The number of ether oxygens (including phenoxy) is 1. The minimum Gasteiger partial charge on any atom is -0.382 e. The summed E-state index contributed by atoms with van der Waals surface area (Å²) >= 11 is 0. The molecule has 0 aliphatic rings. The third-order valence-corrected chi connectivity index (χ3v) is 3.84. The molecule has 0 spiro atoms. The van der Waals surface area contributed by atoms with E-state index in [1.165, 1.54) is 0 Å². The van der Waals surface area contributed by atoms with Gasteiger partial charge in [-0.2, -0.15) is 4.39 Å². The number of nitrogens with zero attached hydrogens (tertiary/aromatic N) is 1. The molecule has 0 saturated heterocycles. The van der Waals surface area contributed by atoms with Gasteiger partial charge in [-0.3, -0.25) is 10.1 Å². The molecule has 0 radical (unpaired) electrons. The van der Waals surface area contributed by atoms with Gasteiger partial charge in [-0.15, -0.1) is 0 Å². The number of rotatable bonds is 8. The molecule has 1 aromatic carbocycles. The van der Waals surface area contributed by atoms with Crippen LogP contribution < -0.4 is 4.72 Å². The Balaban J connectivity index is 2.77. The first-order valence-corrected chi connectivity index (χ1v) is 7.38. The van der Waals surface area contributed by atoms with E-state index in [1.807, 2.05) is 6.92 Å². The highest BCUT2D eigenvalue weighted by Gasteiger charge is 2.21. The molecule has 1 rings (SSSR count). The van der Waals surface area contributed by atoms with Crippen molar-refractivity contribution in [1.29, 1.82) is 0 Å². The van der Waals surface area contributed by atoms with Gasteiger partial charge in [0.25, 0.3) is 0 Å². The molecule has 0 aromatic heterocycles. The second-order valence-corrected chi connectivity index (χ2v) is 5.59. The number of benzene rings is 1. The lowest BCUT2D eigenvalue weighted by molar-refractivity contribution is -0.387. The fraction of sp³-hybridized carbons (Fsp3) is 0.455. The minimum absolute atomic E-state index is 0.132. The second kappa shape index (κ2) is 7.27. The first-order valence-electron chi connectivity index (χ1n) is 5.90. The van der Waals surface area contributed by atoms with Gasteiger partial charge in [0.1, 0.15) is 0 Å². The zero-order valence-corrected chi connectivity index (χ0v) is 11.7. The fourth-order valence-electron chi connectivity index (χ4n) is 1.41. The molecule has 0 amide bonds. The van der Waals surface area contributed by atoms with Crippen molar-refractivity contribution in [3.8, 4) is 0 Å². The van der Waals surface area contributed by atoms with Crippen LogP contribution in [-0.2, 0) is 14.8 Å². The number of sulfonamides is 1. The van der Waals surface area contributed by atoms with Crippen molar-refractivity contribution >= 4 is 15.7 Å². The molecule has 0 atom stereocenters. The van der Waals surface area contributed by atoms with Crippen molar-refractivity contribution in [2.75, 3.05) is 19.8 Å². The number of nitro groups is 1. The van der Waals surface area contributed by atoms with E-state index in [2.05, 4.69) is 4.72 Å². The van der Waals surface area contributed by atoms with Crippen LogP contribution in [-0.4, -0.2) is 33.1 Å². The summed E-state index contributed by atoms with van der Waals surface area (Å²) in [6.07, 6.45) is 0.469. The van der Waals surface area contributed by atoms with Gasteiger partial charge in [0.15, 0.2) is 0 Å². The Bertz CT molecular complexity index is 576. The van der Waals surface area contributed by atoms with Crippen molar-refractivity contribution in [3.05, 3.63) is 34.1 Å². The Kier molecular flexibility index (Phi) is 5.99. The topological polar surface area (TPSA) is 98.5 Å². The van der Waals surface area contributed by atoms with Gasteiger partial charge >= 0.3 is 5.69 Å². The van der Waals surface area contributed by atoms with Crippen molar-refractivity contribution < 1.29 is 22.5 Å². The monoisotopic (exact) mass is 306 g/mol. The van der Waals surface area contributed by atoms with Crippen LogP contribution in [0.1, 0.15) is 13.3 Å². The Morgan fingerprint density at radius 2 is 2.15 bits per heavy atom. The van der Waals surface area contributed by atoms with E-state index in [0.29, 0.717) is 25.7 Å². The molecule has 1 aromatic rings. The Morgan fingerprint density at radius 3 is 2.75 bits per heavy atom. The summed E-state index contributed by atoms with van der Waals surface area (Å²) in [5.41, 5.74) is -0.873. The molecule has 0 unspecified atom stereocenters. The van der Waals surface area contributed by atoms with E-state index in [1.54, 1.807) is 0 Å². The Morgan fingerprint density at radius 1 is 1.45 bits per heavy atom. The summed E-state index contributed by atoms with van der Waals surface area (Å²) in [7, 11) is -3.90. The molecule has 0 heterocycles. The number of hydrogen-bond acceptors (Lipinski definition) is 5. The smallest absolute Gasteiger partial charge is 0.306 e. The molecule has 7 nitrogen and oxygen atoms in total. The predicted octanol–water partition coefficient (Wildman–Crippen LogP) is 1.44. The SMILES string of the molecule is CCOCCCNS(=O)(=O)c1ccc(F)c([N+](=O)[O-])c1. The standard InChI is InChI=1S/C11H15FN2O5S/c1-2-19-7-3-6-13-20(17,18)9-4-5-10(12)11(8-9)14(15)16/h4-5,8,13H,2-3,6-7H2,1H3. The number of halogens is 1. The first kappa shape index (κ1) is 16.5. The molecule has 0 aliphatic carbocycles. The third-order valence-electron chi connectivity index (χ3n) is 2.39. The zero-order valence-electron chi connectivity index (χ0n) is 10.8. The summed E-state index contributed by atoms with van der Waals surface area (Å²) in [4.78, 5) is 9.25. The van der Waals surface area contributed by atoms with E-state index in [4.69, 9.17) is 4.74 Å². The lowest BCUT2D eigenvalue weighted by Gasteiger charge is -2.07. The highest BCUT2D eigenvalue weighted by Crippen LogP contribution is 2.21. The molecule has 0 saturated carbocycles. The highest BCUT2D eigenvalue weighted by atomic mass is 32.2. The zero-order chi connectivity index (χ0) is 15.2. The van der Waals surface area contributed by atoms with Crippen molar-refractivity contribution in [2.45, 2.75) is 18.2 Å². The van der Waals surface area contributed by atoms with E-state index in [9.17, 15) is 22.9 Å². The van der Waals surface area contributed by atoms with Crippen LogP contribution in [0.4, 0.5) is 10.1 Å². The average molecular weight is 306 g/mol. The molecule has 112 valence electrons. The predicted molar refractivity (Wildman–Crippen MR) is 69.4 cm³/mol. The molecule has 20 heavy (non-hydrogen) atoms. The van der Waals surface area contributed by atoms with Crippen molar-refractivity contribution in [1.82, 2.24) is 4.72 Å². The molecule has 0 fully saturated rings. The van der Waals surface area contributed by atoms with Crippen LogP contribution in [0.5, 0.6) is 0 Å². The molecular formula is C11H15FN2O5S. The van der Waals surface area contributed by atoms with Crippen LogP contribution in [0, 0.1) is 15.9 Å². The molecule has 0 aliphatic heterocycles. The van der Waals surface area contributed by atoms with Crippen molar-refractivity contribution in [2.24, 2.45) is 0 Å². The average Bonchev–Trinajstić information content (AvgIpc) is 2.38. The maximum atomic E-state index is 13.1. The van der Waals surface area contributed by atoms with E-state index < -0.39 is 26.5 Å². The van der Waals surface area contributed by atoms with Crippen molar-refractivity contribution in [3.63, 3.8) is 0 Å². The van der Waals surface area contributed by atoms with Crippen LogP contribution in [0.15, 0.2) is 23.1 Å². The van der Waals surface area contributed by atoms with Gasteiger partial charge in [0.05, 0.1) is 9.82 Å². The summed E-state index contributed by atoms with van der Waals surface area (Å²) in [5.74, 6) is -1.08. The van der Waals surface area contributed by atoms with Crippen LogP contribution in [0.3, 0.4) is 0 Å². The lowest BCUT2D eigenvalue weighted by Crippen LogP contribution is -2.25. The van der Waals surface area contributed by atoms with Crippen LogP contribution >= 0.6 is 0 Å². The highest BCUT2D eigenvalue weighted by molar-refractivity contribution is 7.89. The number of nitrogens with one attached hydrogen (secondary N) is 1. The van der Waals surface area contributed by atoms with Crippen LogP contribution in [0.2, 0.25) is 0 Å². The van der Waals surface area contributed by atoms with Crippen LogP contribution in [0.25, 0.3) is 0 Å². The van der Waals surface area contributed by atoms with E-state index in [-0.39, 0.29) is 11.4 Å². The largest absolute Gasteiger partial charge is 0.382 e. The minimum atomic E-state index is -3.90. The van der Waals surface area contributed by atoms with Gasteiger partial charge in [-0.05, 0) is 25.5 Å². The maximum Gasteiger partial charge on any atom is 0.306 e. The molecular weight excluding hydrogens is 291 g/mol. The van der Waals surface area contributed by atoms with Gasteiger partial charge in [0, 0.05) is 25.8 Å². The molecule has 1 N–H and O–H groups in total. The first-order chi connectivity index (χ1) is 9.38. The summed E-state index contributed by atoms with van der Waals surface area (Å²) in [6.45, 7) is 2.90. The van der Waals surface area contributed by atoms with E-state index in [0.717, 1.165) is 12.1 Å². The van der Waals surface area contributed by atoms with Gasteiger partial charge in [-0.1, -0.05) is 0 Å². The molecule has 9 heteroatoms. The van der Waals surface area contributed by atoms with E-state index >= 15 is 0 Å². The quantitative estimate of drug-likeness (QED) is 0.445. The van der Waals surface area contributed by atoms with Gasteiger partial charge in [0.2, 0.25) is 15.8 Å². The summed E-state index contributed by atoms with van der Waals surface area (Å²) in [5, 5.41) is 10.6. The fourth-order valence-corrected chi connectivity index (χ4v) is 2.50. The number of nitro benzene ring substituents is 1. The Hall–Kier alpha value is -1.58. The lowest BCUT2D eigenvalue weighted by atomic mass is 10.3.